The van der Waals surface area contributed by atoms with Crippen LogP contribution in [0.25, 0.3) is 0 Å². The highest BCUT2D eigenvalue weighted by molar-refractivity contribution is 5.91. The van der Waals surface area contributed by atoms with Crippen molar-refractivity contribution in [2.24, 2.45) is 5.73 Å². The van der Waals surface area contributed by atoms with Gasteiger partial charge in [-0.3, -0.25) is 4.79 Å². The van der Waals surface area contributed by atoms with Crippen LogP contribution in [-0.4, -0.2) is 23.1 Å². The molecule has 1 aromatic heterocycles. The molecule has 1 aromatic rings. The first-order valence-corrected chi connectivity index (χ1v) is 6.50. The van der Waals surface area contributed by atoms with Crippen LogP contribution in [0.2, 0.25) is 0 Å². The van der Waals surface area contributed by atoms with Gasteiger partial charge in [-0.15, -0.1) is 0 Å². The van der Waals surface area contributed by atoms with Crippen LogP contribution in [0.15, 0.2) is 18.3 Å². The van der Waals surface area contributed by atoms with Crippen molar-refractivity contribution < 1.29 is 4.79 Å². The topological polar surface area (TPSA) is 71.2 Å². The molecule has 2 heterocycles. The van der Waals surface area contributed by atoms with Crippen molar-refractivity contribution in [3.63, 3.8) is 0 Å². The van der Waals surface area contributed by atoms with Gasteiger partial charge in [0, 0.05) is 6.20 Å². The molecule has 1 fully saturated rings. The fourth-order valence-corrected chi connectivity index (χ4v) is 3.16. The Bertz CT molecular complexity index is 468. The third-order valence-electron chi connectivity index (χ3n) is 4.14. The maximum absolute atomic E-state index is 12.0. The van der Waals surface area contributed by atoms with E-state index in [9.17, 15) is 4.79 Å². The minimum absolute atomic E-state index is 0.208. The second-order valence-electron chi connectivity index (χ2n) is 5.09. The molecule has 1 aliphatic carbocycles. The van der Waals surface area contributed by atoms with Crippen molar-refractivity contribution in [2.75, 3.05) is 16.9 Å². The zero-order valence-corrected chi connectivity index (χ0v) is 10.4. The summed E-state index contributed by atoms with van der Waals surface area (Å²) in [5, 5.41) is 3.23. The molecule has 2 aliphatic rings. The number of nitrogens with two attached hydrogens (primary N) is 1. The summed E-state index contributed by atoms with van der Waals surface area (Å²) < 4.78 is 0. The number of hydrogen-bond donors (Lipinski definition) is 2. The van der Waals surface area contributed by atoms with Crippen LogP contribution in [0.1, 0.15) is 32.1 Å². The Hall–Kier alpha value is -1.78. The molecule has 3 N–H and O–H groups in total. The Morgan fingerprint density at radius 2 is 2.17 bits per heavy atom. The highest BCUT2D eigenvalue weighted by Crippen LogP contribution is 2.41. The highest BCUT2D eigenvalue weighted by Gasteiger charge is 2.45. The molecular weight excluding hydrogens is 228 g/mol. The molecule has 0 radical (unpaired) electrons. The number of carbonyl (C=O) groups excluding carboxylic acids is 1. The molecule has 18 heavy (non-hydrogen) atoms. The third kappa shape index (κ3) is 1.54. The molecule has 0 atom stereocenters. The van der Waals surface area contributed by atoms with Crippen LogP contribution in [0.3, 0.4) is 0 Å². The first-order chi connectivity index (χ1) is 8.74. The van der Waals surface area contributed by atoms with E-state index in [0.29, 0.717) is 6.67 Å². The molecule has 0 spiro atoms. The van der Waals surface area contributed by atoms with E-state index >= 15 is 0 Å². The largest absolute Gasteiger partial charge is 0.368 e. The van der Waals surface area contributed by atoms with E-state index in [1.165, 1.54) is 6.42 Å². The number of aromatic nitrogens is 1. The van der Waals surface area contributed by atoms with E-state index in [0.717, 1.165) is 37.2 Å². The molecule has 1 amide bonds. The predicted molar refractivity (Wildman–Crippen MR) is 70.2 cm³/mol. The molecule has 1 saturated carbocycles. The second kappa shape index (κ2) is 4.15. The predicted octanol–water partition coefficient (Wildman–Crippen LogP) is 1.46. The molecule has 0 saturated heterocycles. The Kier molecular flexibility index (Phi) is 2.61. The van der Waals surface area contributed by atoms with Gasteiger partial charge in [0.1, 0.15) is 5.54 Å². The molecule has 1 aliphatic heterocycles. The van der Waals surface area contributed by atoms with E-state index in [1.54, 1.807) is 6.20 Å². The summed E-state index contributed by atoms with van der Waals surface area (Å²) in [7, 11) is 0. The number of nitrogens with zero attached hydrogens (tertiary/aromatic N) is 2. The molecule has 3 rings (SSSR count). The fraction of sp³-hybridized carbons (Fsp3) is 0.538. The number of carbonyl (C=O) groups is 1. The van der Waals surface area contributed by atoms with Gasteiger partial charge < -0.3 is 16.0 Å². The zero-order valence-electron chi connectivity index (χ0n) is 10.4. The van der Waals surface area contributed by atoms with Gasteiger partial charge in [-0.05, 0) is 25.0 Å². The Morgan fingerprint density at radius 3 is 2.89 bits per heavy atom. The maximum Gasteiger partial charge on any atom is 0.243 e. The number of amides is 1. The Labute approximate surface area is 106 Å². The molecule has 5 heteroatoms. The summed E-state index contributed by atoms with van der Waals surface area (Å²) in [5.74, 6) is 0.643. The monoisotopic (exact) mass is 246 g/mol. The lowest BCUT2D eigenvalue weighted by atomic mass is 9.79. The maximum atomic E-state index is 12.0. The summed E-state index contributed by atoms with van der Waals surface area (Å²) >= 11 is 0. The number of pyridine rings is 1. The second-order valence-corrected chi connectivity index (χ2v) is 5.09. The number of rotatable bonds is 2. The van der Waals surface area contributed by atoms with Crippen molar-refractivity contribution in [3.05, 3.63) is 18.3 Å². The van der Waals surface area contributed by atoms with Gasteiger partial charge in [-0.25, -0.2) is 4.98 Å². The van der Waals surface area contributed by atoms with Gasteiger partial charge in [-0.2, -0.15) is 0 Å². The number of anilines is 2. The van der Waals surface area contributed by atoms with Crippen LogP contribution in [-0.2, 0) is 4.79 Å². The van der Waals surface area contributed by atoms with Crippen molar-refractivity contribution in [1.82, 2.24) is 4.98 Å². The lowest BCUT2D eigenvalue weighted by Gasteiger charge is -2.42. The summed E-state index contributed by atoms with van der Waals surface area (Å²) in [6, 6.07) is 3.90. The molecule has 0 aromatic carbocycles. The van der Waals surface area contributed by atoms with Crippen molar-refractivity contribution in [3.8, 4) is 0 Å². The normalized spacial score (nSPS) is 21.2. The molecule has 0 unspecified atom stereocenters. The zero-order chi connectivity index (χ0) is 12.6. The fourth-order valence-electron chi connectivity index (χ4n) is 3.16. The van der Waals surface area contributed by atoms with Crippen molar-refractivity contribution in [1.29, 1.82) is 0 Å². The number of fused-ring (bicyclic) bond motifs is 1. The van der Waals surface area contributed by atoms with Crippen molar-refractivity contribution >= 4 is 17.4 Å². The summed E-state index contributed by atoms with van der Waals surface area (Å²) in [6.45, 7) is 0.620. The molecule has 96 valence electrons. The van der Waals surface area contributed by atoms with Crippen LogP contribution in [0, 0.1) is 0 Å². The van der Waals surface area contributed by atoms with Crippen LogP contribution in [0.5, 0.6) is 0 Å². The smallest absolute Gasteiger partial charge is 0.243 e. The molecular formula is C13H18N4O. The van der Waals surface area contributed by atoms with Gasteiger partial charge in [0.25, 0.3) is 0 Å². The minimum Gasteiger partial charge on any atom is -0.368 e. The summed E-state index contributed by atoms with van der Waals surface area (Å²) in [6.07, 6.45) is 6.77. The minimum atomic E-state index is -0.528. The Balaban J connectivity index is 2.00. The lowest BCUT2D eigenvalue weighted by molar-refractivity contribution is -0.124. The SMILES string of the molecule is NC(=O)C1(N2CNc3ncccc32)CCCCC1. The lowest BCUT2D eigenvalue weighted by Crippen LogP contribution is -2.58. The standard InChI is InChI=1S/C13H18N4O/c14-12(18)13(6-2-1-3-7-13)17-9-16-11-10(17)5-4-8-15-11/h4-5,8H,1-3,6-7,9H2,(H2,14,18)(H,15,16). The van der Waals surface area contributed by atoms with Gasteiger partial charge in [0.15, 0.2) is 5.82 Å². The van der Waals surface area contributed by atoms with E-state index in [4.69, 9.17) is 5.73 Å². The van der Waals surface area contributed by atoms with E-state index in [-0.39, 0.29) is 5.91 Å². The Morgan fingerprint density at radius 1 is 1.39 bits per heavy atom. The first kappa shape index (κ1) is 11.3. The van der Waals surface area contributed by atoms with Gasteiger partial charge in [0.05, 0.1) is 12.4 Å². The van der Waals surface area contributed by atoms with Gasteiger partial charge in [0.2, 0.25) is 5.91 Å². The van der Waals surface area contributed by atoms with Crippen LogP contribution >= 0.6 is 0 Å². The molecule has 0 bridgehead atoms. The summed E-state index contributed by atoms with van der Waals surface area (Å²) in [4.78, 5) is 18.4. The van der Waals surface area contributed by atoms with E-state index in [2.05, 4.69) is 15.2 Å². The highest BCUT2D eigenvalue weighted by atomic mass is 16.1. The average Bonchev–Trinajstić information content (AvgIpc) is 2.83. The first-order valence-electron chi connectivity index (χ1n) is 6.50. The number of nitrogens with one attached hydrogen (secondary N) is 1. The van der Waals surface area contributed by atoms with E-state index in [1.807, 2.05) is 12.1 Å². The van der Waals surface area contributed by atoms with Crippen LogP contribution < -0.4 is 16.0 Å². The average molecular weight is 246 g/mol. The van der Waals surface area contributed by atoms with E-state index < -0.39 is 5.54 Å². The third-order valence-corrected chi connectivity index (χ3v) is 4.14. The van der Waals surface area contributed by atoms with Gasteiger partial charge in [-0.1, -0.05) is 19.3 Å². The number of primary amides is 1. The number of hydrogen-bond acceptors (Lipinski definition) is 4. The molecule has 5 nitrogen and oxygen atoms in total. The van der Waals surface area contributed by atoms with Crippen LogP contribution in [0.4, 0.5) is 11.5 Å². The summed E-state index contributed by atoms with van der Waals surface area (Å²) in [5.41, 5.74) is 6.18. The van der Waals surface area contributed by atoms with Crippen molar-refractivity contribution in [2.45, 2.75) is 37.6 Å². The van der Waals surface area contributed by atoms with Gasteiger partial charge >= 0.3 is 0 Å². The quantitative estimate of drug-likeness (QED) is 0.828.